The molecule has 1 heterocycles. The SMILES string of the molecule is CC(C)C(CC(=O)O)n1cn[nH]c1=O. The first-order valence-corrected chi connectivity index (χ1v) is 4.35. The Bertz CT molecular complexity index is 366. The van der Waals surface area contributed by atoms with Gasteiger partial charge in [0.25, 0.3) is 0 Å². The predicted octanol–water partition coefficient (Wildman–Crippen LogP) is 0.243. The van der Waals surface area contributed by atoms with Crippen LogP contribution in [0.5, 0.6) is 0 Å². The number of nitrogens with one attached hydrogen (secondary N) is 1. The van der Waals surface area contributed by atoms with Gasteiger partial charge < -0.3 is 5.11 Å². The van der Waals surface area contributed by atoms with Gasteiger partial charge in [-0.3, -0.25) is 9.36 Å². The zero-order valence-electron chi connectivity index (χ0n) is 8.10. The Balaban J connectivity index is 2.94. The van der Waals surface area contributed by atoms with E-state index < -0.39 is 5.97 Å². The maximum absolute atomic E-state index is 11.2. The van der Waals surface area contributed by atoms with Gasteiger partial charge in [0.05, 0.1) is 12.5 Å². The lowest BCUT2D eigenvalue weighted by molar-refractivity contribution is -0.138. The van der Waals surface area contributed by atoms with Crippen molar-refractivity contribution in [2.75, 3.05) is 0 Å². The van der Waals surface area contributed by atoms with Crippen molar-refractivity contribution < 1.29 is 9.90 Å². The van der Waals surface area contributed by atoms with Crippen molar-refractivity contribution in [3.05, 3.63) is 16.8 Å². The van der Waals surface area contributed by atoms with Crippen molar-refractivity contribution >= 4 is 5.97 Å². The number of nitrogens with zero attached hydrogens (tertiary/aromatic N) is 2. The molecule has 78 valence electrons. The molecule has 1 atom stereocenters. The number of aliphatic carboxylic acids is 1. The first-order valence-electron chi connectivity index (χ1n) is 4.35. The zero-order chi connectivity index (χ0) is 10.7. The molecule has 1 aromatic rings. The molecule has 0 saturated heterocycles. The molecule has 0 spiro atoms. The summed E-state index contributed by atoms with van der Waals surface area (Å²) in [5.41, 5.74) is -0.370. The van der Waals surface area contributed by atoms with Gasteiger partial charge in [0, 0.05) is 0 Å². The molecule has 2 N–H and O–H groups in total. The van der Waals surface area contributed by atoms with Crippen molar-refractivity contribution in [1.29, 1.82) is 0 Å². The summed E-state index contributed by atoms with van der Waals surface area (Å²) in [7, 11) is 0. The normalized spacial score (nSPS) is 13.1. The molecule has 0 fully saturated rings. The molecule has 6 heteroatoms. The number of hydrogen-bond donors (Lipinski definition) is 2. The van der Waals surface area contributed by atoms with Crippen molar-refractivity contribution in [2.24, 2.45) is 5.92 Å². The molecular formula is C8H13N3O3. The molecule has 0 bridgehead atoms. The smallest absolute Gasteiger partial charge is 0.343 e. The number of aromatic amines is 1. The zero-order valence-corrected chi connectivity index (χ0v) is 8.10. The number of carboxylic acids is 1. The Kier molecular flexibility index (Phi) is 3.06. The second-order valence-corrected chi connectivity index (χ2v) is 3.48. The standard InChI is InChI=1S/C8H13N3O3/c1-5(2)6(3-7(12)13)11-4-9-10-8(11)14/h4-6H,3H2,1-2H3,(H,10,14)(H,12,13). The molecule has 1 aromatic heterocycles. The summed E-state index contributed by atoms with van der Waals surface area (Å²) in [6.07, 6.45) is 1.26. The monoisotopic (exact) mass is 199 g/mol. The highest BCUT2D eigenvalue weighted by Crippen LogP contribution is 2.18. The fourth-order valence-corrected chi connectivity index (χ4v) is 1.33. The molecule has 0 aliphatic rings. The molecule has 0 aliphatic carbocycles. The third kappa shape index (κ3) is 2.21. The van der Waals surface area contributed by atoms with Gasteiger partial charge in [-0.1, -0.05) is 13.8 Å². The minimum absolute atomic E-state index is 0.0707. The van der Waals surface area contributed by atoms with Crippen LogP contribution in [0.2, 0.25) is 0 Å². The maximum Gasteiger partial charge on any atom is 0.343 e. The van der Waals surface area contributed by atoms with E-state index >= 15 is 0 Å². The number of carboxylic acid groups (broad SMARTS) is 1. The van der Waals surface area contributed by atoms with Gasteiger partial charge in [0.2, 0.25) is 0 Å². The van der Waals surface area contributed by atoms with E-state index in [4.69, 9.17) is 5.11 Å². The van der Waals surface area contributed by atoms with E-state index in [9.17, 15) is 9.59 Å². The van der Waals surface area contributed by atoms with Crippen molar-refractivity contribution in [2.45, 2.75) is 26.3 Å². The summed E-state index contributed by atoms with van der Waals surface area (Å²) in [6.45, 7) is 3.74. The predicted molar refractivity (Wildman–Crippen MR) is 49.0 cm³/mol. The number of carbonyl (C=O) groups is 1. The lowest BCUT2D eigenvalue weighted by Gasteiger charge is -2.18. The van der Waals surface area contributed by atoms with Crippen LogP contribution in [0.3, 0.4) is 0 Å². The van der Waals surface area contributed by atoms with Gasteiger partial charge in [-0.25, -0.2) is 9.89 Å². The van der Waals surface area contributed by atoms with E-state index in [2.05, 4.69) is 10.2 Å². The van der Waals surface area contributed by atoms with Gasteiger partial charge in [0.1, 0.15) is 6.33 Å². The van der Waals surface area contributed by atoms with E-state index in [-0.39, 0.29) is 24.1 Å². The van der Waals surface area contributed by atoms with Gasteiger partial charge in [-0.15, -0.1) is 0 Å². The third-order valence-electron chi connectivity index (χ3n) is 2.09. The second kappa shape index (κ2) is 4.08. The molecule has 14 heavy (non-hydrogen) atoms. The van der Waals surface area contributed by atoms with Crippen LogP contribution in [0.25, 0.3) is 0 Å². The van der Waals surface area contributed by atoms with Gasteiger partial charge in [0.15, 0.2) is 0 Å². The minimum Gasteiger partial charge on any atom is -0.481 e. The number of hydrogen-bond acceptors (Lipinski definition) is 3. The number of rotatable bonds is 4. The summed E-state index contributed by atoms with van der Waals surface area (Å²) < 4.78 is 1.32. The third-order valence-corrected chi connectivity index (χ3v) is 2.09. The fourth-order valence-electron chi connectivity index (χ4n) is 1.33. The first-order chi connectivity index (χ1) is 6.52. The average molecular weight is 199 g/mol. The van der Waals surface area contributed by atoms with E-state index in [1.54, 1.807) is 0 Å². The highest BCUT2D eigenvalue weighted by molar-refractivity contribution is 5.67. The Morgan fingerprint density at radius 3 is 2.71 bits per heavy atom. The van der Waals surface area contributed by atoms with Crippen LogP contribution in [0, 0.1) is 5.92 Å². The molecular weight excluding hydrogens is 186 g/mol. The summed E-state index contributed by atoms with van der Waals surface area (Å²) in [5.74, 6) is -0.849. The Hall–Kier alpha value is -1.59. The Morgan fingerprint density at radius 2 is 2.36 bits per heavy atom. The highest BCUT2D eigenvalue weighted by atomic mass is 16.4. The fraction of sp³-hybridized carbons (Fsp3) is 0.625. The largest absolute Gasteiger partial charge is 0.481 e. The topological polar surface area (TPSA) is 88.0 Å². The first kappa shape index (κ1) is 10.5. The van der Waals surface area contributed by atoms with Crippen molar-refractivity contribution in [3.8, 4) is 0 Å². The lowest BCUT2D eigenvalue weighted by atomic mass is 10.0. The molecule has 6 nitrogen and oxygen atoms in total. The molecule has 1 rings (SSSR count). The van der Waals surface area contributed by atoms with E-state index in [0.717, 1.165) is 0 Å². The Labute approximate surface area is 80.6 Å². The van der Waals surface area contributed by atoms with E-state index in [0.29, 0.717) is 0 Å². The van der Waals surface area contributed by atoms with Gasteiger partial charge >= 0.3 is 11.7 Å². The molecule has 0 amide bonds. The van der Waals surface area contributed by atoms with Crippen LogP contribution in [-0.2, 0) is 4.79 Å². The number of H-pyrrole nitrogens is 1. The summed E-state index contributed by atoms with van der Waals surface area (Å²) in [4.78, 5) is 21.8. The minimum atomic E-state index is -0.920. The van der Waals surface area contributed by atoms with Crippen LogP contribution in [0.1, 0.15) is 26.3 Å². The quantitative estimate of drug-likeness (QED) is 0.727. The summed E-state index contributed by atoms with van der Waals surface area (Å²) in [6, 6.07) is -0.348. The number of aromatic nitrogens is 3. The van der Waals surface area contributed by atoms with Crippen LogP contribution in [-0.4, -0.2) is 25.8 Å². The van der Waals surface area contributed by atoms with E-state index in [1.807, 2.05) is 13.8 Å². The van der Waals surface area contributed by atoms with Crippen molar-refractivity contribution in [1.82, 2.24) is 14.8 Å². The van der Waals surface area contributed by atoms with Crippen LogP contribution in [0.4, 0.5) is 0 Å². The maximum atomic E-state index is 11.2. The van der Waals surface area contributed by atoms with E-state index in [1.165, 1.54) is 10.9 Å². The van der Waals surface area contributed by atoms with Gasteiger partial charge in [-0.05, 0) is 5.92 Å². The Morgan fingerprint density at radius 1 is 1.71 bits per heavy atom. The molecule has 0 radical (unpaired) electrons. The second-order valence-electron chi connectivity index (χ2n) is 3.48. The lowest BCUT2D eigenvalue weighted by Crippen LogP contribution is -2.27. The average Bonchev–Trinajstić information content (AvgIpc) is 2.46. The van der Waals surface area contributed by atoms with Gasteiger partial charge in [-0.2, -0.15) is 5.10 Å². The molecule has 0 aliphatic heterocycles. The van der Waals surface area contributed by atoms with Crippen LogP contribution < -0.4 is 5.69 Å². The summed E-state index contributed by atoms with van der Waals surface area (Å²) in [5, 5.41) is 14.5. The van der Waals surface area contributed by atoms with Crippen molar-refractivity contribution in [3.63, 3.8) is 0 Å². The van der Waals surface area contributed by atoms with Crippen LogP contribution >= 0.6 is 0 Å². The highest BCUT2D eigenvalue weighted by Gasteiger charge is 2.20. The molecule has 0 saturated carbocycles. The molecule has 0 aromatic carbocycles. The van der Waals surface area contributed by atoms with Crippen LogP contribution in [0.15, 0.2) is 11.1 Å². The molecule has 1 unspecified atom stereocenters. The summed E-state index contributed by atoms with van der Waals surface area (Å²) >= 11 is 0.